The summed E-state index contributed by atoms with van der Waals surface area (Å²) in [6.45, 7) is 3.63. The number of carbonyl (C=O) groups is 10. The van der Waals surface area contributed by atoms with E-state index < -0.39 is 114 Å². The molecule has 8 N–H and O–H groups in total. The van der Waals surface area contributed by atoms with Crippen LogP contribution in [0.5, 0.6) is 0 Å². The van der Waals surface area contributed by atoms with E-state index in [1.54, 1.807) is 24.3 Å². The molecule has 26 heteroatoms. The number of nitrogens with one attached hydrogen (secondary N) is 4. The van der Waals surface area contributed by atoms with Gasteiger partial charge in [-0.2, -0.15) is 0 Å². The van der Waals surface area contributed by atoms with E-state index in [4.69, 9.17) is 39.9 Å². The van der Waals surface area contributed by atoms with Gasteiger partial charge in [-0.15, -0.1) is 35.3 Å². The Kier molecular flexibility index (Phi) is 22.5. The van der Waals surface area contributed by atoms with Crippen molar-refractivity contribution < 1.29 is 76.4 Å². The van der Waals surface area contributed by atoms with Crippen LogP contribution in [0.3, 0.4) is 0 Å². The van der Waals surface area contributed by atoms with Crippen LogP contribution in [0.2, 0.25) is 0 Å². The maximum absolute atomic E-state index is 14.3. The van der Waals surface area contributed by atoms with Crippen LogP contribution in [0.4, 0.5) is 5.69 Å². The standard InChI is InChI=1S/C52H61N7O16S3/c1-28(60)70-23-38-46(71-29(2)61)47(72-30(3)62)42(52(74-38)73-31(4)63)57-39(64)16-11-21-55-48(67)37(54)26-76-27-41(66)56-35-17-19-36(20-18-35)77-24-34-25-78-50-43(58-40(65)22-53)49(68)59(50)44(34)51(69)75-45(32-12-7-5-8-13-32)33-14-9-6-10-15-33/h5-10,12-15,17-20,37-38,42-43,45-47,50,52H,11,16,21-27,53-54H2,1-4H3,(H,55,67)(H,56,66)(H,57,64)(H,58,65)/t37?,38?,42-,43?,46+,47?,50?,52+/m0/s1. The molecule has 6 rings (SSSR count). The molecule has 5 unspecified atom stereocenters. The molecule has 0 aromatic heterocycles. The van der Waals surface area contributed by atoms with Gasteiger partial charge in [0, 0.05) is 68.5 Å². The maximum atomic E-state index is 14.3. The quantitative estimate of drug-likeness (QED) is 0.0232. The van der Waals surface area contributed by atoms with E-state index in [0.29, 0.717) is 22.8 Å². The first-order chi connectivity index (χ1) is 37.3. The molecule has 23 nitrogen and oxygen atoms in total. The molecule has 3 aliphatic rings. The minimum Gasteiger partial charge on any atom is -0.463 e. The molecule has 8 atom stereocenters. The van der Waals surface area contributed by atoms with E-state index in [1.165, 1.54) is 28.4 Å². The number of nitrogens with two attached hydrogens (primary N) is 2. The van der Waals surface area contributed by atoms with Gasteiger partial charge in [-0.25, -0.2) is 4.79 Å². The number of thioether (sulfide) groups is 3. The number of esters is 5. The van der Waals surface area contributed by atoms with Gasteiger partial charge in [0.1, 0.15) is 35.9 Å². The van der Waals surface area contributed by atoms with Gasteiger partial charge in [0.2, 0.25) is 29.9 Å². The summed E-state index contributed by atoms with van der Waals surface area (Å²) in [5.74, 6) is -5.52. The van der Waals surface area contributed by atoms with Crippen molar-refractivity contribution in [1.82, 2.24) is 20.9 Å². The summed E-state index contributed by atoms with van der Waals surface area (Å²) in [5.41, 5.74) is 14.4. The Labute approximate surface area is 462 Å². The molecule has 3 heterocycles. The first-order valence-corrected chi connectivity index (χ1v) is 27.7. The fraction of sp³-hybridized carbons (Fsp3) is 0.423. The van der Waals surface area contributed by atoms with Gasteiger partial charge < -0.3 is 61.2 Å². The summed E-state index contributed by atoms with van der Waals surface area (Å²) in [6, 6.07) is 22.4. The number of carbonyl (C=O) groups excluding carboxylic acids is 10. The van der Waals surface area contributed by atoms with Crippen LogP contribution in [-0.4, -0.2) is 155 Å². The number of rotatable bonds is 25. The van der Waals surface area contributed by atoms with Crippen molar-refractivity contribution in [2.75, 3.05) is 48.0 Å². The highest BCUT2D eigenvalue weighted by atomic mass is 32.2. The van der Waals surface area contributed by atoms with Crippen LogP contribution in [0.1, 0.15) is 57.8 Å². The number of benzene rings is 3. The van der Waals surface area contributed by atoms with Crippen molar-refractivity contribution in [1.29, 1.82) is 0 Å². The first-order valence-electron chi connectivity index (χ1n) is 24.5. The number of nitrogens with zero attached hydrogens (tertiary/aromatic N) is 1. The smallest absolute Gasteiger partial charge is 0.356 e. The molecule has 418 valence electrons. The zero-order chi connectivity index (χ0) is 56.5. The summed E-state index contributed by atoms with van der Waals surface area (Å²) in [7, 11) is 0. The highest BCUT2D eigenvalue weighted by Crippen LogP contribution is 2.43. The molecule has 0 spiro atoms. The SMILES string of the molecule is CC(=O)OCC1O[C@@H](OC(C)=O)[C@@H](NC(=O)CCCNC(=O)C(N)CSCC(=O)Nc2ccc(SCC3=C(C(=O)OC(c4ccccc4)c4ccccc4)N4C(=O)C(NC(=O)CN)C4SC3)cc2)C(OC(C)=O)[C@@H]1OC(C)=O. The van der Waals surface area contributed by atoms with Crippen LogP contribution >= 0.6 is 35.3 Å². The molecule has 2 saturated heterocycles. The molecular weight excluding hydrogens is 1070 g/mol. The molecule has 78 heavy (non-hydrogen) atoms. The third-order valence-electron chi connectivity index (χ3n) is 11.8. The van der Waals surface area contributed by atoms with Crippen LogP contribution < -0.4 is 32.7 Å². The van der Waals surface area contributed by atoms with Gasteiger partial charge in [-0.3, -0.25) is 48.1 Å². The zero-order valence-corrected chi connectivity index (χ0v) is 45.5. The van der Waals surface area contributed by atoms with Crippen molar-refractivity contribution in [3.05, 3.63) is 107 Å². The Hall–Kier alpha value is -6.97. The van der Waals surface area contributed by atoms with Crippen LogP contribution in [0.15, 0.2) is 101 Å². The van der Waals surface area contributed by atoms with Gasteiger partial charge in [0.15, 0.2) is 18.3 Å². The number of hydrogen-bond acceptors (Lipinski definition) is 21. The lowest BCUT2D eigenvalue weighted by Crippen LogP contribution is -2.71. The Bertz CT molecular complexity index is 2660. The lowest BCUT2D eigenvalue weighted by atomic mass is 9.95. The Morgan fingerprint density at radius 3 is 2.01 bits per heavy atom. The van der Waals surface area contributed by atoms with Crippen molar-refractivity contribution in [2.45, 2.75) is 99.6 Å². The molecule has 3 aromatic rings. The molecule has 3 aliphatic heterocycles. The molecule has 0 aliphatic carbocycles. The molecule has 0 bridgehead atoms. The minimum absolute atomic E-state index is 0.0194. The topological polar surface area (TPSA) is 329 Å². The monoisotopic (exact) mass is 1140 g/mol. The van der Waals surface area contributed by atoms with E-state index in [1.807, 2.05) is 60.7 Å². The molecule has 5 amide bonds. The molecule has 0 radical (unpaired) electrons. The summed E-state index contributed by atoms with van der Waals surface area (Å²) >= 11 is 3.98. The van der Waals surface area contributed by atoms with Crippen LogP contribution in [-0.2, 0) is 76.4 Å². The normalized spacial score (nSPS) is 20.9. The zero-order valence-electron chi connectivity index (χ0n) is 43.0. The van der Waals surface area contributed by atoms with Crippen molar-refractivity contribution in [3.8, 4) is 0 Å². The highest BCUT2D eigenvalue weighted by Gasteiger charge is 2.55. The van der Waals surface area contributed by atoms with E-state index in [2.05, 4.69) is 21.3 Å². The van der Waals surface area contributed by atoms with E-state index in [-0.39, 0.29) is 49.0 Å². The lowest BCUT2D eigenvalue weighted by molar-refractivity contribution is -0.271. The second-order valence-electron chi connectivity index (χ2n) is 17.8. The maximum Gasteiger partial charge on any atom is 0.356 e. The van der Waals surface area contributed by atoms with E-state index >= 15 is 0 Å². The minimum atomic E-state index is -1.56. The van der Waals surface area contributed by atoms with E-state index in [9.17, 15) is 47.9 Å². The lowest BCUT2D eigenvalue weighted by Gasteiger charge is -2.49. The third-order valence-corrected chi connectivity index (χ3v) is 15.3. The van der Waals surface area contributed by atoms with Gasteiger partial charge in [-0.1, -0.05) is 60.7 Å². The summed E-state index contributed by atoms with van der Waals surface area (Å²) in [6.07, 6.45) is -6.49. The summed E-state index contributed by atoms with van der Waals surface area (Å²) in [4.78, 5) is 129. The van der Waals surface area contributed by atoms with E-state index in [0.717, 1.165) is 55.5 Å². The van der Waals surface area contributed by atoms with Gasteiger partial charge in [0.05, 0.1) is 18.3 Å². The first kappa shape index (κ1) is 60.3. The predicted molar refractivity (Wildman–Crippen MR) is 285 cm³/mol. The van der Waals surface area contributed by atoms with Crippen LogP contribution in [0.25, 0.3) is 0 Å². The summed E-state index contributed by atoms with van der Waals surface area (Å²) in [5, 5.41) is 10.2. The third kappa shape index (κ3) is 17.0. The Morgan fingerprint density at radius 1 is 0.782 bits per heavy atom. The molecule has 3 aromatic carbocycles. The van der Waals surface area contributed by atoms with Crippen LogP contribution in [0, 0.1) is 0 Å². The highest BCUT2D eigenvalue weighted by molar-refractivity contribution is 8.01. The number of fused-ring (bicyclic) bond motifs is 1. The molecular formula is C52H61N7O16S3. The largest absolute Gasteiger partial charge is 0.463 e. The number of hydrogen-bond donors (Lipinski definition) is 6. The van der Waals surface area contributed by atoms with Crippen molar-refractivity contribution >= 4 is 100 Å². The van der Waals surface area contributed by atoms with Gasteiger partial charge >= 0.3 is 29.8 Å². The predicted octanol–water partition coefficient (Wildman–Crippen LogP) is 1.82. The van der Waals surface area contributed by atoms with Gasteiger partial charge in [-0.05, 0) is 47.4 Å². The van der Waals surface area contributed by atoms with Gasteiger partial charge in [0.25, 0.3) is 5.91 Å². The summed E-state index contributed by atoms with van der Waals surface area (Å²) < 4.78 is 33.1. The Morgan fingerprint density at radius 2 is 1.41 bits per heavy atom. The second kappa shape index (κ2) is 29.1. The fourth-order valence-corrected chi connectivity index (χ4v) is 11.5. The molecule has 0 saturated carbocycles. The van der Waals surface area contributed by atoms with Crippen molar-refractivity contribution in [3.63, 3.8) is 0 Å². The average molecular weight is 1140 g/mol. The average Bonchev–Trinajstić information content (AvgIpc) is 3.41. The number of β-lactam (4-membered cyclic amide) rings is 1. The fourth-order valence-electron chi connectivity index (χ4n) is 8.29. The number of ether oxygens (including phenoxy) is 6. The second-order valence-corrected chi connectivity index (χ2v) is 21.0. The van der Waals surface area contributed by atoms with Crippen molar-refractivity contribution in [2.24, 2.45) is 11.5 Å². The number of anilines is 1. The Balaban J connectivity index is 0.970. The molecule has 2 fully saturated rings. The number of amides is 5.